The Kier molecular flexibility index (Phi) is 40.2. The summed E-state index contributed by atoms with van der Waals surface area (Å²) < 4.78 is 16.6. The van der Waals surface area contributed by atoms with E-state index in [4.69, 9.17) is 14.2 Å². The minimum atomic E-state index is -0.811. The van der Waals surface area contributed by atoms with Crippen LogP contribution in [0.2, 0.25) is 0 Å². The van der Waals surface area contributed by atoms with Crippen LogP contribution in [0.15, 0.2) is 97.2 Å². The van der Waals surface area contributed by atoms with E-state index in [9.17, 15) is 14.4 Å². The average molecular weight is 763 g/mol. The van der Waals surface area contributed by atoms with Crippen LogP contribution in [0.4, 0.5) is 0 Å². The minimum absolute atomic E-state index is 0.107. The maximum Gasteiger partial charge on any atom is 0.306 e. The second-order valence-corrected chi connectivity index (χ2v) is 14.0. The summed E-state index contributed by atoms with van der Waals surface area (Å²) in [5, 5.41) is 0. The van der Waals surface area contributed by atoms with Crippen LogP contribution in [-0.2, 0) is 28.6 Å². The first-order valence-corrected chi connectivity index (χ1v) is 21.8. The smallest absolute Gasteiger partial charge is 0.306 e. The Balaban J connectivity index is 4.54. The van der Waals surface area contributed by atoms with Crippen LogP contribution in [-0.4, -0.2) is 37.2 Å². The van der Waals surface area contributed by atoms with Crippen molar-refractivity contribution in [2.24, 2.45) is 0 Å². The fourth-order valence-electron chi connectivity index (χ4n) is 5.47. The summed E-state index contributed by atoms with van der Waals surface area (Å²) in [6.07, 6.45) is 55.3. The first-order chi connectivity index (χ1) is 27.0. The van der Waals surface area contributed by atoms with Gasteiger partial charge in [-0.05, 0) is 70.6 Å². The second kappa shape index (κ2) is 43.1. The van der Waals surface area contributed by atoms with Crippen LogP contribution in [0, 0.1) is 0 Å². The van der Waals surface area contributed by atoms with Gasteiger partial charge < -0.3 is 14.2 Å². The maximum absolute atomic E-state index is 12.7. The number of ether oxygens (including phenoxy) is 3. The number of carbonyl (C=O) groups is 3. The van der Waals surface area contributed by atoms with Crippen molar-refractivity contribution in [3.8, 4) is 0 Å². The molecule has 0 saturated carbocycles. The van der Waals surface area contributed by atoms with Gasteiger partial charge in [0.2, 0.25) is 0 Å². The van der Waals surface area contributed by atoms with E-state index >= 15 is 0 Å². The maximum atomic E-state index is 12.7. The third kappa shape index (κ3) is 41.3. The zero-order valence-electron chi connectivity index (χ0n) is 35.1. The fourth-order valence-corrected chi connectivity index (χ4v) is 5.47. The van der Waals surface area contributed by atoms with Gasteiger partial charge in [-0.1, -0.05) is 182 Å². The molecule has 0 heterocycles. The molecule has 6 heteroatoms. The molecule has 0 aromatic carbocycles. The van der Waals surface area contributed by atoms with E-state index < -0.39 is 6.10 Å². The lowest BCUT2D eigenvalue weighted by molar-refractivity contribution is -0.167. The number of unbranched alkanes of at least 4 members (excludes halogenated alkanes) is 14. The van der Waals surface area contributed by atoms with Crippen molar-refractivity contribution >= 4 is 17.9 Å². The van der Waals surface area contributed by atoms with Crippen molar-refractivity contribution in [2.75, 3.05) is 13.2 Å². The van der Waals surface area contributed by atoms with E-state index in [0.717, 1.165) is 83.5 Å². The molecule has 0 aliphatic carbocycles. The quantitative estimate of drug-likeness (QED) is 0.0206. The summed E-state index contributed by atoms with van der Waals surface area (Å²) in [5.74, 6) is -1.00. The van der Waals surface area contributed by atoms with Gasteiger partial charge in [-0.25, -0.2) is 0 Å². The van der Waals surface area contributed by atoms with E-state index in [-0.39, 0.29) is 37.5 Å². The summed E-state index contributed by atoms with van der Waals surface area (Å²) in [7, 11) is 0. The highest BCUT2D eigenvalue weighted by Gasteiger charge is 2.19. The number of esters is 3. The first kappa shape index (κ1) is 51.3. The molecule has 0 aromatic rings. The lowest BCUT2D eigenvalue weighted by Crippen LogP contribution is -2.30. The van der Waals surface area contributed by atoms with Crippen LogP contribution in [0.3, 0.4) is 0 Å². The van der Waals surface area contributed by atoms with Gasteiger partial charge in [0.1, 0.15) is 13.2 Å². The molecule has 0 radical (unpaired) electrons. The lowest BCUT2D eigenvalue weighted by Gasteiger charge is -2.18. The molecule has 0 aliphatic heterocycles. The summed E-state index contributed by atoms with van der Waals surface area (Å²) >= 11 is 0. The number of hydrogen-bond donors (Lipinski definition) is 0. The molecular formula is C49H78O6. The third-order valence-electron chi connectivity index (χ3n) is 8.71. The molecule has 1 unspecified atom stereocenters. The summed E-state index contributed by atoms with van der Waals surface area (Å²) in [6.45, 7) is 6.26. The Labute approximate surface area is 337 Å². The van der Waals surface area contributed by atoms with Crippen LogP contribution in [0.1, 0.15) is 175 Å². The molecule has 0 aliphatic rings. The second-order valence-electron chi connectivity index (χ2n) is 14.0. The molecule has 0 saturated heterocycles. The predicted octanol–water partition coefficient (Wildman–Crippen LogP) is 13.9. The molecule has 6 nitrogen and oxygen atoms in total. The summed E-state index contributed by atoms with van der Waals surface area (Å²) in [4.78, 5) is 37.6. The average Bonchev–Trinajstić information content (AvgIpc) is 3.18. The topological polar surface area (TPSA) is 78.9 Å². The Morgan fingerprint density at radius 2 is 0.800 bits per heavy atom. The largest absolute Gasteiger partial charge is 0.462 e. The van der Waals surface area contributed by atoms with Crippen molar-refractivity contribution < 1.29 is 28.6 Å². The van der Waals surface area contributed by atoms with Gasteiger partial charge in [-0.3, -0.25) is 14.4 Å². The van der Waals surface area contributed by atoms with Gasteiger partial charge in [0.25, 0.3) is 0 Å². The normalized spacial score (nSPS) is 13.0. The zero-order chi connectivity index (χ0) is 40.1. The van der Waals surface area contributed by atoms with Gasteiger partial charge >= 0.3 is 17.9 Å². The fraction of sp³-hybridized carbons (Fsp3) is 0.612. The Morgan fingerprint density at radius 3 is 1.36 bits per heavy atom. The SMILES string of the molecule is CC\C=C/C=C\C=C/C=C\C=C/CCCCCC(=O)OCC(COC(=O)CCCCCCCCCCCC)OC(=O)CCCC/C=C\C/C=C\C/C=C\CC. The van der Waals surface area contributed by atoms with Crippen LogP contribution in [0.25, 0.3) is 0 Å². The van der Waals surface area contributed by atoms with E-state index in [0.29, 0.717) is 19.3 Å². The molecule has 0 amide bonds. The molecule has 310 valence electrons. The lowest BCUT2D eigenvalue weighted by atomic mass is 10.1. The van der Waals surface area contributed by atoms with Crippen LogP contribution in [0.5, 0.6) is 0 Å². The molecule has 0 fully saturated rings. The Morgan fingerprint density at radius 1 is 0.400 bits per heavy atom. The zero-order valence-corrected chi connectivity index (χ0v) is 35.1. The summed E-state index contributed by atoms with van der Waals surface area (Å²) in [5.41, 5.74) is 0. The van der Waals surface area contributed by atoms with Gasteiger partial charge in [-0.2, -0.15) is 0 Å². The van der Waals surface area contributed by atoms with Gasteiger partial charge in [0.05, 0.1) is 0 Å². The van der Waals surface area contributed by atoms with Gasteiger partial charge in [-0.15, -0.1) is 0 Å². The van der Waals surface area contributed by atoms with Crippen LogP contribution < -0.4 is 0 Å². The number of rotatable bonds is 37. The van der Waals surface area contributed by atoms with Crippen molar-refractivity contribution in [2.45, 2.75) is 181 Å². The molecule has 0 spiro atoms. The number of carbonyl (C=O) groups excluding carboxylic acids is 3. The van der Waals surface area contributed by atoms with Gasteiger partial charge in [0, 0.05) is 19.3 Å². The van der Waals surface area contributed by atoms with Crippen molar-refractivity contribution in [3.63, 3.8) is 0 Å². The highest BCUT2D eigenvalue weighted by atomic mass is 16.6. The van der Waals surface area contributed by atoms with Crippen molar-refractivity contribution in [1.82, 2.24) is 0 Å². The first-order valence-electron chi connectivity index (χ1n) is 21.8. The molecule has 55 heavy (non-hydrogen) atoms. The predicted molar refractivity (Wildman–Crippen MR) is 233 cm³/mol. The van der Waals surface area contributed by atoms with Crippen LogP contribution >= 0.6 is 0 Å². The molecule has 0 aromatic heterocycles. The molecule has 0 bridgehead atoms. The standard InChI is InChI=1S/C49H78O6/c1-4-7-10-13-16-19-22-24-25-26-28-30-33-36-39-42-48(51)54-45-46(44-53-47(50)41-38-35-32-29-21-18-15-12-9-6-3)55-49(52)43-40-37-34-31-27-23-20-17-14-11-8-5-2/h7-8,10-11,13,16-17,19-20,22,24-28,31,46H,4-6,9,12,14-15,18,21,23,29-30,32-45H2,1-3H3/b10-7-,11-8-,16-13-,20-17-,22-19-,25-24-,28-26-,31-27-. The Bertz CT molecular complexity index is 1150. The molecule has 0 N–H and O–H groups in total. The molecular weight excluding hydrogens is 685 g/mol. The van der Waals surface area contributed by atoms with Crippen molar-refractivity contribution in [3.05, 3.63) is 97.2 Å². The van der Waals surface area contributed by atoms with E-state index in [1.54, 1.807) is 0 Å². The minimum Gasteiger partial charge on any atom is -0.462 e. The van der Waals surface area contributed by atoms with E-state index in [2.05, 4.69) is 69.4 Å². The van der Waals surface area contributed by atoms with Crippen molar-refractivity contribution in [1.29, 1.82) is 0 Å². The summed E-state index contributed by atoms with van der Waals surface area (Å²) in [6, 6.07) is 0. The number of allylic oxidation sites excluding steroid dienone is 16. The Hall–Kier alpha value is -3.67. The highest BCUT2D eigenvalue weighted by Crippen LogP contribution is 2.13. The van der Waals surface area contributed by atoms with Gasteiger partial charge in [0.15, 0.2) is 6.10 Å². The number of hydrogen-bond acceptors (Lipinski definition) is 6. The van der Waals surface area contributed by atoms with E-state index in [1.165, 1.54) is 44.9 Å². The highest BCUT2D eigenvalue weighted by molar-refractivity contribution is 5.71. The monoisotopic (exact) mass is 763 g/mol. The molecule has 1 atom stereocenters. The third-order valence-corrected chi connectivity index (χ3v) is 8.71. The molecule has 0 rings (SSSR count). The van der Waals surface area contributed by atoms with E-state index in [1.807, 2.05) is 48.6 Å².